The van der Waals surface area contributed by atoms with Crippen molar-refractivity contribution in [1.29, 1.82) is 0 Å². The Kier molecular flexibility index (Phi) is 5.57. The van der Waals surface area contributed by atoms with Crippen LogP contribution in [-0.4, -0.2) is 52.4 Å². The Balaban J connectivity index is 2.32. The number of aliphatic carboxylic acids is 1. The van der Waals surface area contributed by atoms with Gasteiger partial charge in [0, 0.05) is 11.3 Å². The Morgan fingerprint density at radius 1 is 1.47 bits per heavy atom. The van der Waals surface area contributed by atoms with Crippen molar-refractivity contribution < 1.29 is 19.8 Å². The number of urea groups is 1. The molecule has 1 aliphatic carbocycles. The molecular formula is C10H18N2O4S. The fourth-order valence-electron chi connectivity index (χ4n) is 1.86. The van der Waals surface area contributed by atoms with Gasteiger partial charge in [-0.15, -0.1) is 0 Å². The molecule has 2 amide bonds. The molecule has 3 atom stereocenters. The number of nitrogens with one attached hydrogen (secondary N) is 2. The van der Waals surface area contributed by atoms with Crippen LogP contribution < -0.4 is 10.6 Å². The standard InChI is InChI=1S/C10H18N2O4S/c1-17-7-3-2-6(4-7)11-10(16)12-8(5-13)9(14)15/h6-8,13H,2-5H2,1H3,(H,14,15)(H2,11,12,16)/t6?,7?,8-/m1/s1. The van der Waals surface area contributed by atoms with Crippen molar-refractivity contribution in [1.82, 2.24) is 10.6 Å². The van der Waals surface area contributed by atoms with Crippen molar-refractivity contribution in [3.63, 3.8) is 0 Å². The number of carboxylic acid groups (broad SMARTS) is 1. The molecule has 0 aromatic rings. The van der Waals surface area contributed by atoms with Crippen LogP contribution >= 0.6 is 11.8 Å². The SMILES string of the molecule is CSC1CCC(NC(=O)N[C@H](CO)C(=O)O)C1. The Morgan fingerprint density at radius 3 is 2.65 bits per heavy atom. The zero-order valence-corrected chi connectivity index (χ0v) is 10.5. The third kappa shape index (κ3) is 4.43. The zero-order chi connectivity index (χ0) is 12.8. The summed E-state index contributed by atoms with van der Waals surface area (Å²) in [5.41, 5.74) is 0. The van der Waals surface area contributed by atoms with E-state index in [1.807, 2.05) is 6.26 Å². The summed E-state index contributed by atoms with van der Waals surface area (Å²) in [5, 5.41) is 22.9. The van der Waals surface area contributed by atoms with Crippen molar-refractivity contribution >= 4 is 23.8 Å². The van der Waals surface area contributed by atoms with Crippen LogP contribution in [0.25, 0.3) is 0 Å². The Labute approximate surface area is 104 Å². The maximum atomic E-state index is 11.5. The van der Waals surface area contributed by atoms with Gasteiger partial charge in [-0.05, 0) is 25.5 Å². The average Bonchev–Trinajstić information content (AvgIpc) is 2.73. The van der Waals surface area contributed by atoms with Crippen molar-refractivity contribution in [3.05, 3.63) is 0 Å². The molecule has 0 spiro atoms. The van der Waals surface area contributed by atoms with E-state index >= 15 is 0 Å². The van der Waals surface area contributed by atoms with Crippen molar-refractivity contribution in [3.8, 4) is 0 Å². The van der Waals surface area contributed by atoms with Crippen molar-refractivity contribution in [2.45, 2.75) is 36.6 Å². The zero-order valence-electron chi connectivity index (χ0n) is 9.68. The largest absolute Gasteiger partial charge is 0.480 e. The lowest BCUT2D eigenvalue weighted by molar-refractivity contribution is -0.140. The number of thioether (sulfide) groups is 1. The molecule has 0 bridgehead atoms. The predicted molar refractivity (Wildman–Crippen MR) is 65.1 cm³/mol. The number of aliphatic hydroxyl groups excluding tert-OH is 1. The summed E-state index contributed by atoms with van der Waals surface area (Å²) >= 11 is 1.78. The number of carboxylic acids is 1. The van der Waals surface area contributed by atoms with Crippen molar-refractivity contribution in [2.24, 2.45) is 0 Å². The van der Waals surface area contributed by atoms with E-state index < -0.39 is 24.6 Å². The summed E-state index contributed by atoms with van der Waals surface area (Å²) < 4.78 is 0. The van der Waals surface area contributed by atoms with E-state index in [0.29, 0.717) is 5.25 Å². The smallest absolute Gasteiger partial charge is 0.328 e. The van der Waals surface area contributed by atoms with Gasteiger partial charge in [0.25, 0.3) is 0 Å². The van der Waals surface area contributed by atoms with Crippen LogP contribution in [0.15, 0.2) is 0 Å². The maximum Gasteiger partial charge on any atom is 0.328 e. The van der Waals surface area contributed by atoms with E-state index in [-0.39, 0.29) is 6.04 Å². The number of aliphatic hydroxyl groups is 1. The lowest BCUT2D eigenvalue weighted by Crippen LogP contribution is -2.50. The Hall–Kier alpha value is -0.950. The fraction of sp³-hybridized carbons (Fsp3) is 0.800. The molecule has 0 aromatic heterocycles. The number of rotatable bonds is 5. The Bertz CT molecular complexity index is 287. The second kappa shape index (κ2) is 6.70. The quantitative estimate of drug-likeness (QED) is 0.559. The molecule has 0 aromatic carbocycles. The summed E-state index contributed by atoms with van der Waals surface area (Å²) in [4.78, 5) is 22.1. The first kappa shape index (κ1) is 14.1. The van der Waals surface area contributed by atoms with Gasteiger partial charge in [-0.3, -0.25) is 0 Å². The van der Waals surface area contributed by atoms with Crippen LogP contribution in [0, 0.1) is 0 Å². The minimum absolute atomic E-state index is 0.0978. The van der Waals surface area contributed by atoms with E-state index in [9.17, 15) is 9.59 Å². The molecular weight excluding hydrogens is 244 g/mol. The lowest BCUT2D eigenvalue weighted by Gasteiger charge is -2.16. The van der Waals surface area contributed by atoms with Crippen LogP contribution in [0.4, 0.5) is 4.79 Å². The van der Waals surface area contributed by atoms with Crippen molar-refractivity contribution in [2.75, 3.05) is 12.9 Å². The van der Waals surface area contributed by atoms with Gasteiger partial charge < -0.3 is 20.8 Å². The number of amides is 2. The minimum atomic E-state index is -1.24. The van der Waals surface area contributed by atoms with Crippen LogP contribution in [0.5, 0.6) is 0 Å². The van der Waals surface area contributed by atoms with Gasteiger partial charge in [-0.2, -0.15) is 11.8 Å². The average molecular weight is 262 g/mol. The molecule has 1 aliphatic rings. The van der Waals surface area contributed by atoms with E-state index in [1.54, 1.807) is 11.8 Å². The molecule has 6 nitrogen and oxygen atoms in total. The van der Waals surface area contributed by atoms with E-state index in [1.165, 1.54) is 0 Å². The maximum absolute atomic E-state index is 11.5. The summed E-state index contributed by atoms with van der Waals surface area (Å²) in [5.74, 6) is -1.24. The second-order valence-electron chi connectivity index (χ2n) is 4.06. The minimum Gasteiger partial charge on any atom is -0.480 e. The van der Waals surface area contributed by atoms with Crippen LogP contribution in [0.3, 0.4) is 0 Å². The fourth-order valence-corrected chi connectivity index (χ4v) is 2.65. The molecule has 4 N–H and O–H groups in total. The second-order valence-corrected chi connectivity index (χ2v) is 5.20. The first-order valence-electron chi connectivity index (χ1n) is 5.50. The third-order valence-electron chi connectivity index (χ3n) is 2.84. The first-order valence-corrected chi connectivity index (χ1v) is 6.79. The molecule has 17 heavy (non-hydrogen) atoms. The van der Waals surface area contributed by atoms with Gasteiger partial charge in [0.2, 0.25) is 0 Å². The highest BCUT2D eigenvalue weighted by Gasteiger charge is 2.26. The molecule has 1 saturated carbocycles. The molecule has 0 saturated heterocycles. The van der Waals surface area contributed by atoms with E-state index in [4.69, 9.17) is 10.2 Å². The third-order valence-corrected chi connectivity index (χ3v) is 3.93. The van der Waals surface area contributed by atoms with E-state index in [2.05, 4.69) is 10.6 Å². The number of carbonyl (C=O) groups excluding carboxylic acids is 1. The normalized spacial score (nSPS) is 25.3. The van der Waals surface area contributed by atoms with E-state index in [0.717, 1.165) is 19.3 Å². The summed E-state index contributed by atoms with van der Waals surface area (Å²) in [6.45, 7) is -0.610. The molecule has 0 aliphatic heterocycles. The van der Waals surface area contributed by atoms with Gasteiger partial charge >= 0.3 is 12.0 Å². The molecule has 7 heteroatoms. The highest BCUT2D eigenvalue weighted by atomic mass is 32.2. The lowest BCUT2D eigenvalue weighted by atomic mass is 10.2. The summed E-state index contributed by atoms with van der Waals surface area (Å²) in [7, 11) is 0. The number of hydrogen-bond donors (Lipinski definition) is 4. The highest BCUT2D eigenvalue weighted by Crippen LogP contribution is 2.27. The van der Waals surface area contributed by atoms with Crippen LogP contribution in [0.1, 0.15) is 19.3 Å². The predicted octanol–water partition coefficient (Wildman–Crippen LogP) is 0.0152. The number of carbonyl (C=O) groups is 2. The Morgan fingerprint density at radius 2 is 2.18 bits per heavy atom. The van der Waals surface area contributed by atoms with Gasteiger partial charge in [0.15, 0.2) is 6.04 Å². The monoisotopic (exact) mass is 262 g/mol. The van der Waals surface area contributed by atoms with Gasteiger partial charge in [-0.1, -0.05) is 0 Å². The van der Waals surface area contributed by atoms with Gasteiger partial charge in [-0.25, -0.2) is 9.59 Å². The molecule has 2 unspecified atom stereocenters. The van der Waals surface area contributed by atoms with Crippen LogP contribution in [0.2, 0.25) is 0 Å². The van der Waals surface area contributed by atoms with Gasteiger partial charge in [0.1, 0.15) is 0 Å². The summed E-state index contributed by atoms with van der Waals surface area (Å²) in [6, 6.07) is -1.67. The molecule has 0 heterocycles. The molecule has 1 fully saturated rings. The molecule has 0 radical (unpaired) electrons. The first-order chi connectivity index (χ1) is 8.06. The highest BCUT2D eigenvalue weighted by molar-refractivity contribution is 7.99. The van der Waals surface area contributed by atoms with Gasteiger partial charge in [0.05, 0.1) is 6.61 Å². The van der Waals surface area contributed by atoms with Crippen LogP contribution in [-0.2, 0) is 4.79 Å². The molecule has 98 valence electrons. The summed E-state index contributed by atoms with van der Waals surface area (Å²) in [6.07, 6.45) is 4.93. The number of hydrogen-bond acceptors (Lipinski definition) is 4. The molecule has 1 rings (SSSR count). The topological polar surface area (TPSA) is 98.7 Å².